The van der Waals surface area contributed by atoms with Gasteiger partial charge in [0.1, 0.15) is 5.82 Å². The van der Waals surface area contributed by atoms with Crippen LogP contribution in [0.15, 0.2) is 36.9 Å². The Kier molecular flexibility index (Phi) is 4.62. The van der Waals surface area contributed by atoms with Crippen molar-refractivity contribution in [3.8, 4) is 0 Å². The van der Waals surface area contributed by atoms with Gasteiger partial charge >= 0.3 is 0 Å². The van der Waals surface area contributed by atoms with E-state index in [2.05, 4.69) is 25.5 Å². The van der Waals surface area contributed by atoms with Gasteiger partial charge in [-0.05, 0) is 24.5 Å². The molecule has 3 rings (SSSR count). The van der Waals surface area contributed by atoms with Crippen LogP contribution in [0.2, 0.25) is 0 Å². The second-order valence-electron chi connectivity index (χ2n) is 5.62. The van der Waals surface area contributed by atoms with Crippen LogP contribution in [-0.4, -0.2) is 38.7 Å². The molecule has 5 nitrogen and oxygen atoms in total. The summed E-state index contributed by atoms with van der Waals surface area (Å²) >= 11 is 0. The van der Waals surface area contributed by atoms with Crippen LogP contribution in [0.4, 0.5) is 0 Å². The molecular weight excluding hydrogens is 264 g/mol. The molecule has 2 aromatic rings. The quantitative estimate of drug-likeness (QED) is 0.814. The molecule has 0 N–H and O–H groups in total. The largest absolute Gasteiger partial charge is 0.377 e. The molecular formula is C16H22N4O. The number of hydrogen-bond acceptors (Lipinski definition) is 4. The minimum atomic E-state index is 0.349. The molecule has 5 heteroatoms. The highest BCUT2D eigenvalue weighted by atomic mass is 16.5. The van der Waals surface area contributed by atoms with Crippen molar-refractivity contribution >= 4 is 0 Å². The van der Waals surface area contributed by atoms with Gasteiger partial charge in [0, 0.05) is 51.5 Å². The zero-order valence-electron chi connectivity index (χ0n) is 12.5. The highest BCUT2D eigenvalue weighted by Gasteiger charge is 2.20. The lowest BCUT2D eigenvalue weighted by molar-refractivity contribution is 0.0666. The minimum absolute atomic E-state index is 0.349. The van der Waals surface area contributed by atoms with E-state index in [-0.39, 0.29) is 0 Å². The van der Waals surface area contributed by atoms with Crippen molar-refractivity contribution < 1.29 is 4.74 Å². The molecule has 1 aliphatic rings. The van der Waals surface area contributed by atoms with Crippen molar-refractivity contribution in [3.63, 3.8) is 0 Å². The second kappa shape index (κ2) is 6.83. The molecule has 0 spiro atoms. The van der Waals surface area contributed by atoms with E-state index in [9.17, 15) is 0 Å². The van der Waals surface area contributed by atoms with Crippen LogP contribution in [0.5, 0.6) is 0 Å². The van der Waals surface area contributed by atoms with Crippen LogP contribution in [0, 0.1) is 0 Å². The maximum atomic E-state index is 5.79. The average molecular weight is 286 g/mol. The first kappa shape index (κ1) is 14.2. The predicted molar refractivity (Wildman–Crippen MR) is 80.5 cm³/mol. The SMILES string of the molecule is Cn1ccnc1CN(Cc1cccnc1)C[C@H]1CCCO1. The fraction of sp³-hybridized carbons (Fsp3) is 0.500. The number of ether oxygens (including phenoxy) is 1. The van der Waals surface area contributed by atoms with E-state index in [1.54, 1.807) is 0 Å². The van der Waals surface area contributed by atoms with Crippen LogP contribution in [0.3, 0.4) is 0 Å². The molecule has 1 aliphatic heterocycles. The Morgan fingerprint density at radius 1 is 1.38 bits per heavy atom. The molecule has 0 amide bonds. The van der Waals surface area contributed by atoms with Crippen molar-refractivity contribution in [2.45, 2.75) is 32.0 Å². The zero-order valence-corrected chi connectivity index (χ0v) is 12.5. The van der Waals surface area contributed by atoms with Crippen molar-refractivity contribution in [2.24, 2.45) is 7.05 Å². The minimum Gasteiger partial charge on any atom is -0.377 e. The highest BCUT2D eigenvalue weighted by Crippen LogP contribution is 2.16. The molecule has 0 aromatic carbocycles. The standard InChI is InChI=1S/C16H22N4O/c1-19-8-7-18-16(19)13-20(12-15-5-3-9-21-15)11-14-4-2-6-17-10-14/h2,4,6-8,10,15H,3,5,9,11-13H2,1H3/t15-/m1/s1. The van der Waals surface area contributed by atoms with E-state index in [0.717, 1.165) is 38.5 Å². The van der Waals surface area contributed by atoms with Crippen molar-refractivity contribution in [1.29, 1.82) is 0 Å². The van der Waals surface area contributed by atoms with Crippen LogP contribution in [-0.2, 0) is 24.9 Å². The van der Waals surface area contributed by atoms with E-state index in [0.29, 0.717) is 6.10 Å². The van der Waals surface area contributed by atoms with Crippen molar-refractivity contribution in [3.05, 3.63) is 48.3 Å². The van der Waals surface area contributed by atoms with Crippen molar-refractivity contribution in [1.82, 2.24) is 19.4 Å². The Morgan fingerprint density at radius 2 is 2.33 bits per heavy atom. The predicted octanol–water partition coefficient (Wildman–Crippen LogP) is 2.00. The first-order chi connectivity index (χ1) is 10.3. The summed E-state index contributed by atoms with van der Waals surface area (Å²) in [4.78, 5) is 11.0. The zero-order chi connectivity index (χ0) is 14.5. The van der Waals surface area contributed by atoms with Crippen molar-refractivity contribution in [2.75, 3.05) is 13.2 Å². The molecule has 112 valence electrons. The lowest BCUT2D eigenvalue weighted by atomic mass is 10.2. The molecule has 2 aromatic heterocycles. The summed E-state index contributed by atoms with van der Waals surface area (Å²) in [5, 5.41) is 0. The van der Waals surface area contributed by atoms with Gasteiger partial charge in [0.15, 0.2) is 0 Å². The van der Waals surface area contributed by atoms with Gasteiger partial charge in [-0.2, -0.15) is 0 Å². The lowest BCUT2D eigenvalue weighted by Gasteiger charge is -2.24. The Labute approximate surface area is 125 Å². The van der Waals surface area contributed by atoms with E-state index >= 15 is 0 Å². The number of aryl methyl sites for hydroxylation is 1. The molecule has 3 heterocycles. The molecule has 0 radical (unpaired) electrons. The Morgan fingerprint density at radius 3 is 3.00 bits per heavy atom. The van der Waals surface area contributed by atoms with Gasteiger partial charge in [0.25, 0.3) is 0 Å². The fourth-order valence-electron chi connectivity index (χ4n) is 2.76. The molecule has 21 heavy (non-hydrogen) atoms. The molecule has 0 saturated carbocycles. The summed E-state index contributed by atoms with van der Waals surface area (Å²) in [6, 6.07) is 4.11. The smallest absolute Gasteiger partial charge is 0.122 e. The van der Waals surface area contributed by atoms with Crippen LogP contribution < -0.4 is 0 Å². The van der Waals surface area contributed by atoms with Gasteiger partial charge in [-0.15, -0.1) is 0 Å². The third-order valence-corrected chi connectivity index (χ3v) is 3.90. The Bertz CT molecular complexity index is 548. The van der Waals surface area contributed by atoms with Gasteiger partial charge in [0.05, 0.1) is 12.6 Å². The van der Waals surface area contributed by atoms with E-state index in [1.165, 1.54) is 12.0 Å². The molecule has 1 atom stereocenters. The van der Waals surface area contributed by atoms with Crippen LogP contribution in [0.25, 0.3) is 0 Å². The molecule has 0 bridgehead atoms. The lowest BCUT2D eigenvalue weighted by Crippen LogP contribution is -2.32. The second-order valence-corrected chi connectivity index (χ2v) is 5.62. The van der Waals surface area contributed by atoms with Crippen LogP contribution in [0.1, 0.15) is 24.2 Å². The Hall–Kier alpha value is -1.72. The van der Waals surface area contributed by atoms with Gasteiger partial charge in [-0.25, -0.2) is 4.98 Å². The summed E-state index contributed by atoms with van der Waals surface area (Å²) < 4.78 is 7.86. The summed E-state index contributed by atoms with van der Waals surface area (Å²) in [7, 11) is 2.04. The van der Waals surface area contributed by atoms with E-state index < -0.39 is 0 Å². The van der Waals surface area contributed by atoms with E-state index in [4.69, 9.17) is 4.74 Å². The number of pyridine rings is 1. The van der Waals surface area contributed by atoms with Gasteiger partial charge in [-0.3, -0.25) is 9.88 Å². The number of imidazole rings is 1. The summed E-state index contributed by atoms with van der Waals surface area (Å²) in [5.41, 5.74) is 1.23. The first-order valence-corrected chi connectivity index (χ1v) is 7.50. The third kappa shape index (κ3) is 3.89. The third-order valence-electron chi connectivity index (χ3n) is 3.90. The van der Waals surface area contributed by atoms with Gasteiger partial charge in [-0.1, -0.05) is 6.07 Å². The Balaban J connectivity index is 1.69. The summed E-state index contributed by atoms with van der Waals surface area (Å²) in [5.74, 6) is 1.08. The number of hydrogen-bond donors (Lipinski definition) is 0. The summed E-state index contributed by atoms with van der Waals surface area (Å²) in [6.07, 6.45) is 10.3. The monoisotopic (exact) mass is 286 g/mol. The topological polar surface area (TPSA) is 43.2 Å². The highest BCUT2D eigenvalue weighted by molar-refractivity contribution is 5.08. The molecule has 0 aliphatic carbocycles. The summed E-state index contributed by atoms with van der Waals surface area (Å²) in [6.45, 7) is 3.55. The molecule has 0 unspecified atom stereocenters. The maximum absolute atomic E-state index is 5.79. The number of aromatic nitrogens is 3. The van der Waals surface area contributed by atoms with Gasteiger partial charge in [0.2, 0.25) is 0 Å². The maximum Gasteiger partial charge on any atom is 0.122 e. The normalized spacial score (nSPS) is 18.5. The average Bonchev–Trinajstić information content (AvgIpc) is 3.13. The molecule has 1 saturated heterocycles. The van der Waals surface area contributed by atoms with E-state index in [1.807, 2.05) is 37.9 Å². The number of rotatable bonds is 6. The van der Waals surface area contributed by atoms with Gasteiger partial charge < -0.3 is 9.30 Å². The first-order valence-electron chi connectivity index (χ1n) is 7.50. The van der Waals surface area contributed by atoms with Crippen LogP contribution >= 0.6 is 0 Å². The number of nitrogens with zero attached hydrogens (tertiary/aromatic N) is 4. The molecule has 1 fully saturated rings. The fourth-order valence-corrected chi connectivity index (χ4v) is 2.76.